The number of rotatable bonds is 6. The van der Waals surface area contributed by atoms with Crippen molar-refractivity contribution in [3.63, 3.8) is 0 Å². The SMILES string of the molecule is CCNCc1cc(Cl)ccc1OCc1ccc(Br)cn1. The molecule has 0 unspecified atom stereocenters. The molecule has 2 aromatic rings. The smallest absolute Gasteiger partial charge is 0.130 e. The van der Waals surface area contributed by atoms with E-state index in [2.05, 4.69) is 33.2 Å². The maximum atomic E-state index is 6.03. The molecule has 0 aliphatic heterocycles. The van der Waals surface area contributed by atoms with Gasteiger partial charge in [-0.15, -0.1) is 0 Å². The third-order valence-electron chi connectivity index (χ3n) is 2.75. The highest BCUT2D eigenvalue weighted by Crippen LogP contribution is 2.23. The van der Waals surface area contributed by atoms with Gasteiger partial charge in [-0.25, -0.2) is 0 Å². The number of aromatic nitrogens is 1. The molecule has 3 nitrogen and oxygen atoms in total. The number of hydrogen-bond donors (Lipinski definition) is 1. The Kier molecular flexibility index (Phi) is 5.83. The van der Waals surface area contributed by atoms with Crippen LogP contribution in [0.25, 0.3) is 0 Å². The van der Waals surface area contributed by atoms with Crippen LogP contribution in [0.4, 0.5) is 0 Å². The van der Waals surface area contributed by atoms with E-state index < -0.39 is 0 Å². The first-order chi connectivity index (χ1) is 9.69. The van der Waals surface area contributed by atoms with Crippen LogP contribution in [0.5, 0.6) is 5.75 Å². The number of hydrogen-bond acceptors (Lipinski definition) is 3. The van der Waals surface area contributed by atoms with Gasteiger partial charge < -0.3 is 10.1 Å². The fraction of sp³-hybridized carbons (Fsp3) is 0.267. The van der Waals surface area contributed by atoms with Gasteiger partial charge in [-0.2, -0.15) is 0 Å². The Labute approximate surface area is 132 Å². The van der Waals surface area contributed by atoms with E-state index in [1.165, 1.54) is 0 Å². The van der Waals surface area contributed by atoms with Crippen molar-refractivity contribution in [3.05, 3.63) is 57.3 Å². The van der Waals surface area contributed by atoms with Crippen molar-refractivity contribution in [2.75, 3.05) is 6.54 Å². The fourth-order valence-electron chi connectivity index (χ4n) is 1.73. The van der Waals surface area contributed by atoms with Crippen LogP contribution in [0, 0.1) is 0 Å². The largest absolute Gasteiger partial charge is 0.487 e. The standard InChI is InChI=1S/C15H16BrClN2O/c1-2-18-8-11-7-13(17)4-6-15(11)20-10-14-5-3-12(16)9-19-14/h3-7,9,18H,2,8,10H2,1H3. The maximum Gasteiger partial charge on any atom is 0.130 e. The lowest BCUT2D eigenvalue weighted by atomic mass is 10.2. The Morgan fingerprint density at radius 3 is 2.85 bits per heavy atom. The fourth-order valence-corrected chi connectivity index (χ4v) is 2.16. The zero-order chi connectivity index (χ0) is 14.4. The number of pyridine rings is 1. The summed E-state index contributed by atoms with van der Waals surface area (Å²) in [7, 11) is 0. The molecule has 106 valence electrons. The third kappa shape index (κ3) is 4.47. The van der Waals surface area contributed by atoms with Gasteiger partial charge in [0.1, 0.15) is 12.4 Å². The van der Waals surface area contributed by atoms with Gasteiger partial charge in [0, 0.05) is 27.8 Å². The summed E-state index contributed by atoms with van der Waals surface area (Å²) in [4.78, 5) is 4.29. The Morgan fingerprint density at radius 2 is 2.15 bits per heavy atom. The predicted molar refractivity (Wildman–Crippen MR) is 85.1 cm³/mol. The second-order valence-electron chi connectivity index (χ2n) is 4.29. The number of benzene rings is 1. The molecule has 0 amide bonds. The first-order valence-electron chi connectivity index (χ1n) is 6.41. The normalized spacial score (nSPS) is 10.6. The van der Waals surface area contributed by atoms with Gasteiger partial charge in [-0.05, 0) is 52.8 Å². The van der Waals surface area contributed by atoms with Gasteiger partial charge in [0.2, 0.25) is 0 Å². The van der Waals surface area contributed by atoms with E-state index in [0.717, 1.165) is 34.6 Å². The molecule has 0 saturated heterocycles. The molecule has 1 heterocycles. The van der Waals surface area contributed by atoms with Gasteiger partial charge >= 0.3 is 0 Å². The van der Waals surface area contributed by atoms with Crippen molar-refractivity contribution in [3.8, 4) is 5.75 Å². The van der Waals surface area contributed by atoms with Crippen molar-refractivity contribution in [1.82, 2.24) is 10.3 Å². The molecule has 20 heavy (non-hydrogen) atoms. The average Bonchev–Trinajstić information content (AvgIpc) is 2.46. The zero-order valence-corrected chi connectivity index (χ0v) is 13.5. The van der Waals surface area contributed by atoms with Gasteiger partial charge in [0.05, 0.1) is 5.69 Å². The second kappa shape index (κ2) is 7.62. The molecule has 0 bridgehead atoms. The van der Waals surface area contributed by atoms with E-state index in [1.807, 2.05) is 30.3 Å². The highest BCUT2D eigenvalue weighted by Gasteiger charge is 2.05. The molecule has 1 aromatic carbocycles. The van der Waals surface area contributed by atoms with E-state index in [1.54, 1.807) is 6.20 Å². The van der Waals surface area contributed by atoms with Gasteiger partial charge in [0.15, 0.2) is 0 Å². The number of nitrogens with zero attached hydrogens (tertiary/aromatic N) is 1. The summed E-state index contributed by atoms with van der Waals surface area (Å²) in [6, 6.07) is 9.54. The molecule has 0 aliphatic rings. The van der Waals surface area contributed by atoms with Gasteiger partial charge in [-0.3, -0.25) is 4.98 Å². The van der Waals surface area contributed by atoms with Crippen LogP contribution >= 0.6 is 27.5 Å². The summed E-state index contributed by atoms with van der Waals surface area (Å²) < 4.78 is 6.80. The van der Waals surface area contributed by atoms with E-state index in [4.69, 9.17) is 16.3 Å². The van der Waals surface area contributed by atoms with E-state index in [-0.39, 0.29) is 0 Å². The lowest BCUT2D eigenvalue weighted by Crippen LogP contribution is -2.13. The topological polar surface area (TPSA) is 34.1 Å². The second-order valence-corrected chi connectivity index (χ2v) is 5.64. The van der Waals surface area contributed by atoms with E-state index in [0.29, 0.717) is 11.6 Å². The quantitative estimate of drug-likeness (QED) is 0.844. The molecular formula is C15H16BrClN2O. The number of nitrogens with one attached hydrogen (secondary N) is 1. The summed E-state index contributed by atoms with van der Waals surface area (Å²) in [6.45, 7) is 4.14. The highest BCUT2D eigenvalue weighted by molar-refractivity contribution is 9.10. The lowest BCUT2D eigenvalue weighted by molar-refractivity contribution is 0.297. The minimum atomic E-state index is 0.439. The molecule has 1 aromatic heterocycles. The van der Waals surface area contributed by atoms with Crippen LogP contribution in [0.2, 0.25) is 5.02 Å². The van der Waals surface area contributed by atoms with E-state index >= 15 is 0 Å². The van der Waals surface area contributed by atoms with Crippen LogP contribution in [-0.2, 0) is 13.2 Å². The molecule has 0 saturated carbocycles. The molecule has 0 radical (unpaired) electrons. The average molecular weight is 356 g/mol. The molecule has 0 atom stereocenters. The van der Waals surface area contributed by atoms with Crippen LogP contribution in [0.3, 0.4) is 0 Å². The molecule has 0 spiro atoms. The van der Waals surface area contributed by atoms with Gasteiger partial charge in [-0.1, -0.05) is 18.5 Å². The zero-order valence-electron chi connectivity index (χ0n) is 11.2. The van der Waals surface area contributed by atoms with Crippen LogP contribution in [-0.4, -0.2) is 11.5 Å². The van der Waals surface area contributed by atoms with Crippen molar-refractivity contribution < 1.29 is 4.74 Å². The minimum absolute atomic E-state index is 0.439. The lowest BCUT2D eigenvalue weighted by Gasteiger charge is -2.12. The monoisotopic (exact) mass is 354 g/mol. The molecule has 1 N–H and O–H groups in total. The summed E-state index contributed by atoms with van der Waals surface area (Å²) in [5, 5.41) is 3.99. The Bertz CT molecular complexity index is 560. The summed E-state index contributed by atoms with van der Waals surface area (Å²) in [5.74, 6) is 0.833. The molecule has 0 fully saturated rings. The van der Waals surface area contributed by atoms with Crippen molar-refractivity contribution >= 4 is 27.5 Å². The number of ether oxygens (including phenoxy) is 1. The summed E-state index contributed by atoms with van der Waals surface area (Å²) >= 11 is 9.39. The Balaban J connectivity index is 2.06. The minimum Gasteiger partial charge on any atom is -0.487 e. The van der Waals surface area contributed by atoms with Crippen molar-refractivity contribution in [2.45, 2.75) is 20.1 Å². The molecule has 2 rings (SSSR count). The number of halogens is 2. The summed E-state index contributed by atoms with van der Waals surface area (Å²) in [6.07, 6.45) is 1.76. The highest BCUT2D eigenvalue weighted by atomic mass is 79.9. The first-order valence-corrected chi connectivity index (χ1v) is 7.58. The Hall–Kier alpha value is -1.10. The molecule has 0 aliphatic carbocycles. The predicted octanol–water partition coefficient (Wildman–Crippen LogP) is 4.19. The maximum absolute atomic E-state index is 6.03. The first kappa shape index (κ1) is 15.3. The van der Waals surface area contributed by atoms with Crippen LogP contribution < -0.4 is 10.1 Å². The van der Waals surface area contributed by atoms with Crippen molar-refractivity contribution in [1.29, 1.82) is 0 Å². The van der Waals surface area contributed by atoms with E-state index in [9.17, 15) is 0 Å². The molecular weight excluding hydrogens is 340 g/mol. The third-order valence-corrected chi connectivity index (χ3v) is 3.46. The summed E-state index contributed by atoms with van der Waals surface area (Å²) in [5.41, 5.74) is 1.94. The molecule has 5 heteroatoms. The van der Waals surface area contributed by atoms with Crippen molar-refractivity contribution in [2.24, 2.45) is 0 Å². The van der Waals surface area contributed by atoms with Gasteiger partial charge in [0.25, 0.3) is 0 Å². The Morgan fingerprint density at radius 1 is 1.30 bits per heavy atom. The van der Waals surface area contributed by atoms with Crippen LogP contribution in [0.15, 0.2) is 41.0 Å². The van der Waals surface area contributed by atoms with Crippen LogP contribution in [0.1, 0.15) is 18.2 Å².